The molecule has 0 saturated carbocycles. The summed E-state index contributed by atoms with van der Waals surface area (Å²) in [5.41, 5.74) is 3.29. The first kappa shape index (κ1) is 20.7. The largest absolute Gasteiger partial charge is 0.350 e. The number of rotatable bonds is 6. The molecule has 0 aliphatic heterocycles. The molecule has 5 aromatic rings. The van der Waals surface area contributed by atoms with Crippen molar-refractivity contribution in [1.82, 2.24) is 29.7 Å². The van der Waals surface area contributed by atoms with E-state index in [4.69, 9.17) is 11.6 Å². The molecule has 3 aromatic heterocycles. The normalized spacial score (nSPS) is 11.0. The molecule has 0 atom stereocenters. The number of nitriles is 1. The average molecular weight is 456 g/mol. The van der Waals surface area contributed by atoms with Crippen LogP contribution in [0.2, 0.25) is 5.02 Å². The molecule has 0 radical (unpaired) electrons. The van der Waals surface area contributed by atoms with Crippen molar-refractivity contribution in [2.75, 3.05) is 6.54 Å². The number of fused-ring (bicyclic) bond motifs is 2. The first-order valence-corrected chi connectivity index (χ1v) is 10.7. The molecule has 8 nitrogen and oxygen atoms in total. The van der Waals surface area contributed by atoms with Crippen molar-refractivity contribution in [3.8, 4) is 6.07 Å². The predicted molar refractivity (Wildman–Crippen MR) is 124 cm³/mol. The summed E-state index contributed by atoms with van der Waals surface area (Å²) in [5.74, 6) is 0.482. The highest BCUT2D eigenvalue weighted by Gasteiger charge is 2.18. The van der Waals surface area contributed by atoms with E-state index in [0.29, 0.717) is 41.2 Å². The lowest BCUT2D eigenvalue weighted by Gasteiger charge is -2.04. The minimum atomic E-state index is -0.284. The fourth-order valence-electron chi connectivity index (χ4n) is 3.73. The van der Waals surface area contributed by atoms with Crippen molar-refractivity contribution in [3.05, 3.63) is 94.5 Å². The van der Waals surface area contributed by atoms with E-state index in [-0.39, 0.29) is 5.91 Å². The summed E-state index contributed by atoms with van der Waals surface area (Å²) in [4.78, 5) is 13.0. The van der Waals surface area contributed by atoms with Crippen molar-refractivity contribution in [2.45, 2.75) is 13.0 Å². The van der Waals surface area contributed by atoms with Crippen LogP contribution < -0.4 is 5.32 Å². The van der Waals surface area contributed by atoms with Crippen LogP contribution in [0.1, 0.15) is 27.4 Å². The highest BCUT2D eigenvalue weighted by atomic mass is 35.5. The van der Waals surface area contributed by atoms with Crippen LogP contribution in [0.4, 0.5) is 0 Å². The highest BCUT2D eigenvalue weighted by molar-refractivity contribution is 6.30. The molecule has 0 unspecified atom stereocenters. The molecule has 5 rings (SSSR count). The maximum absolute atomic E-state index is 13.0. The average Bonchev–Trinajstić information content (AvgIpc) is 3.42. The third kappa shape index (κ3) is 4.14. The van der Waals surface area contributed by atoms with Gasteiger partial charge in [0.25, 0.3) is 5.91 Å². The van der Waals surface area contributed by atoms with Gasteiger partial charge in [-0.05, 0) is 48.0 Å². The lowest BCUT2D eigenvalue weighted by Crippen LogP contribution is -2.27. The molecule has 0 aliphatic carbocycles. The number of benzene rings is 2. The number of halogens is 1. The molecule has 1 amide bonds. The first-order chi connectivity index (χ1) is 16.1. The van der Waals surface area contributed by atoms with Crippen LogP contribution in [0.3, 0.4) is 0 Å². The van der Waals surface area contributed by atoms with Crippen molar-refractivity contribution >= 4 is 34.1 Å². The molecule has 2 aromatic carbocycles. The second-order valence-electron chi connectivity index (χ2n) is 7.53. The lowest BCUT2D eigenvalue weighted by atomic mass is 10.1. The molecule has 162 valence electrons. The second kappa shape index (κ2) is 8.73. The van der Waals surface area contributed by atoms with Crippen LogP contribution in [0.15, 0.2) is 66.9 Å². The third-order valence-electron chi connectivity index (χ3n) is 5.36. The van der Waals surface area contributed by atoms with E-state index < -0.39 is 0 Å². The Kier molecular flexibility index (Phi) is 5.47. The first-order valence-electron chi connectivity index (χ1n) is 10.3. The SMILES string of the molecule is N#Cc1ccc2c(C(=O)NCCc3nnc4ccccn34)nn(Cc3ccc(Cl)cc3)c2c1. The topological polar surface area (TPSA) is 101 Å². The molecule has 0 aliphatic rings. The minimum Gasteiger partial charge on any atom is -0.350 e. The van der Waals surface area contributed by atoms with Crippen LogP contribution in [0.25, 0.3) is 16.6 Å². The van der Waals surface area contributed by atoms with E-state index in [2.05, 4.69) is 26.7 Å². The Morgan fingerprint density at radius 1 is 1.09 bits per heavy atom. The quantitative estimate of drug-likeness (QED) is 0.421. The summed E-state index contributed by atoms with van der Waals surface area (Å²) in [6.45, 7) is 0.831. The molecule has 0 saturated heterocycles. The van der Waals surface area contributed by atoms with Crippen molar-refractivity contribution in [2.24, 2.45) is 0 Å². The minimum absolute atomic E-state index is 0.284. The van der Waals surface area contributed by atoms with E-state index in [9.17, 15) is 10.1 Å². The molecule has 1 N–H and O–H groups in total. The molecule has 33 heavy (non-hydrogen) atoms. The monoisotopic (exact) mass is 455 g/mol. The molecule has 0 bridgehead atoms. The van der Waals surface area contributed by atoms with Gasteiger partial charge in [0.15, 0.2) is 11.3 Å². The maximum Gasteiger partial charge on any atom is 0.272 e. The van der Waals surface area contributed by atoms with Gasteiger partial charge in [0.05, 0.1) is 23.7 Å². The van der Waals surface area contributed by atoms with Gasteiger partial charge in [-0.1, -0.05) is 29.8 Å². The third-order valence-corrected chi connectivity index (χ3v) is 5.61. The smallest absolute Gasteiger partial charge is 0.272 e. The Balaban J connectivity index is 1.39. The van der Waals surface area contributed by atoms with Gasteiger partial charge >= 0.3 is 0 Å². The van der Waals surface area contributed by atoms with Crippen molar-refractivity contribution in [3.63, 3.8) is 0 Å². The number of hydrogen-bond acceptors (Lipinski definition) is 5. The van der Waals surface area contributed by atoms with E-state index in [0.717, 1.165) is 22.6 Å². The summed E-state index contributed by atoms with van der Waals surface area (Å²) >= 11 is 5.99. The number of nitrogens with zero attached hydrogens (tertiary/aromatic N) is 6. The number of carbonyl (C=O) groups excluding carboxylic acids is 1. The van der Waals surface area contributed by atoms with Gasteiger partial charge in [-0.15, -0.1) is 10.2 Å². The second-order valence-corrected chi connectivity index (χ2v) is 7.96. The van der Waals surface area contributed by atoms with E-state index in [1.54, 1.807) is 22.9 Å². The van der Waals surface area contributed by atoms with Crippen LogP contribution >= 0.6 is 11.6 Å². The van der Waals surface area contributed by atoms with E-state index in [1.807, 2.05) is 53.1 Å². The highest BCUT2D eigenvalue weighted by Crippen LogP contribution is 2.22. The Labute approximate surface area is 194 Å². The molecule has 0 fully saturated rings. The summed E-state index contributed by atoms with van der Waals surface area (Å²) in [6.07, 6.45) is 2.42. The number of hydrogen-bond donors (Lipinski definition) is 1. The standard InChI is InChI=1S/C24H18ClN7O/c25-18-7-4-16(5-8-18)15-32-20-13-17(14-26)6-9-19(20)23(30-32)24(33)27-11-10-22-29-28-21-3-1-2-12-31(21)22/h1-9,12-13H,10-11,15H2,(H,27,33). The van der Waals surface area contributed by atoms with Crippen LogP contribution in [-0.2, 0) is 13.0 Å². The number of aromatic nitrogens is 5. The van der Waals surface area contributed by atoms with Gasteiger partial charge in [-0.25, -0.2) is 0 Å². The number of amides is 1. The maximum atomic E-state index is 13.0. The Morgan fingerprint density at radius 2 is 1.94 bits per heavy atom. The number of nitrogens with one attached hydrogen (secondary N) is 1. The van der Waals surface area contributed by atoms with Gasteiger partial charge in [-0.3, -0.25) is 13.9 Å². The predicted octanol–water partition coefficient (Wildman–Crippen LogP) is 3.62. The Hall–Kier alpha value is -4.22. The molecule has 9 heteroatoms. The molecule has 0 spiro atoms. The fraction of sp³-hybridized carbons (Fsp3) is 0.125. The van der Waals surface area contributed by atoms with Crippen LogP contribution in [0, 0.1) is 11.3 Å². The van der Waals surface area contributed by atoms with Crippen molar-refractivity contribution < 1.29 is 4.79 Å². The van der Waals surface area contributed by atoms with Crippen LogP contribution in [-0.4, -0.2) is 36.8 Å². The summed E-state index contributed by atoms with van der Waals surface area (Å²) < 4.78 is 3.63. The van der Waals surface area contributed by atoms with Gasteiger partial charge in [-0.2, -0.15) is 10.4 Å². The molecular formula is C24H18ClN7O. The number of pyridine rings is 1. The van der Waals surface area contributed by atoms with Gasteiger partial charge < -0.3 is 5.32 Å². The zero-order valence-corrected chi connectivity index (χ0v) is 18.2. The van der Waals surface area contributed by atoms with Crippen LogP contribution in [0.5, 0.6) is 0 Å². The Bertz CT molecular complexity index is 1510. The zero-order valence-electron chi connectivity index (χ0n) is 17.4. The summed E-state index contributed by atoms with van der Waals surface area (Å²) in [7, 11) is 0. The van der Waals surface area contributed by atoms with E-state index >= 15 is 0 Å². The summed E-state index contributed by atoms with van der Waals surface area (Å²) in [6, 6.07) is 20.5. The van der Waals surface area contributed by atoms with Gasteiger partial charge in [0, 0.05) is 29.6 Å². The van der Waals surface area contributed by atoms with Gasteiger partial charge in [0.1, 0.15) is 5.82 Å². The molecule has 3 heterocycles. The zero-order chi connectivity index (χ0) is 22.8. The summed E-state index contributed by atoms with van der Waals surface area (Å²) in [5, 5.41) is 26.5. The fourth-order valence-corrected chi connectivity index (χ4v) is 3.85. The molecular weight excluding hydrogens is 438 g/mol. The Morgan fingerprint density at radius 3 is 2.76 bits per heavy atom. The van der Waals surface area contributed by atoms with Gasteiger partial charge in [0.2, 0.25) is 0 Å². The lowest BCUT2D eigenvalue weighted by molar-refractivity contribution is 0.0949. The van der Waals surface area contributed by atoms with Crippen molar-refractivity contribution in [1.29, 1.82) is 5.26 Å². The number of carbonyl (C=O) groups is 1. The van der Waals surface area contributed by atoms with E-state index in [1.165, 1.54) is 0 Å².